The lowest BCUT2D eigenvalue weighted by molar-refractivity contribution is -0.149. The van der Waals surface area contributed by atoms with Crippen LogP contribution in [0.15, 0.2) is 30.3 Å². The van der Waals surface area contributed by atoms with Crippen molar-refractivity contribution in [1.29, 1.82) is 0 Å². The predicted molar refractivity (Wildman–Crippen MR) is 97.2 cm³/mol. The number of carbonyl (C=O) groups is 1. The maximum atomic E-state index is 12.5. The predicted octanol–water partition coefficient (Wildman–Crippen LogP) is 2.02. The number of piperidine rings is 1. The van der Waals surface area contributed by atoms with Crippen molar-refractivity contribution < 1.29 is 14.3 Å². The van der Waals surface area contributed by atoms with Gasteiger partial charge in [-0.15, -0.1) is 0 Å². The summed E-state index contributed by atoms with van der Waals surface area (Å²) in [7, 11) is 3.70. The largest absolute Gasteiger partial charge is 0.378 e. The molecule has 0 spiro atoms. The Kier molecular flexibility index (Phi) is 6.45. The van der Waals surface area contributed by atoms with Crippen molar-refractivity contribution in [3.8, 4) is 0 Å². The lowest BCUT2D eigenvalue weighted by Crippen LogP contribution is -2.53. The van der Waals surface area contributed by atoms with Gasteiger partial charge in [0.2, 0.25) is 5.91 Å². The minimum Gasteiger partial charge on any atom is -0.378 e. The maximum absolute atomic E-state index is 12.5. The fourth-order valence-corrected chi connectivity index (χ4v) is 3.98. The van der Waals surface area contributed by atoms with Gasteiger partial charge in [-0.25, -0.2) is 0 Å². The van der Waals surface area contributed by atoms with E-state index in [0.29, 0.717) is 19.1 Å². The van der Waals surface area contributed by atoms with Gasteiger partial charge in [0.1, 0.15) is 0 Å². The highest BCUT2D eigenvalue weighted by Gasteiger charge is 2.41. The number of fused-ring (bicyclic) bond motifs is 1. The van der Waals surface area contributed by atoms with E-state index in [0.717, 1.165) is 39.1 Å². The van der Waals surface area contributed by atoms with Crippen molar-refractivity contribution in [3.63, 3.8) is 0 Å². The first-order valence-electron chi connectivity index (χ1n) is 9.32. The minimum atomic E-state index is 0.0989. The van der Waals surface area contributed by atoms with Gasteiger partial charge >= 0.3 is 0 Å². The molecule has 0 radical (unpaired) electrons. The van der Waals surface area contributed by atoms with E-state index in [1.54, 1.807) is 4.90 Å². The second-order valence-corrected chi connectivity index (χ2v) is 7.33. The Morgan fingerprint density at radius 3 is 2.84 bits per heavy atom. The van der Waals surface area contributed by atoms with Crippen LogP contribution in [0.5, 0.6) is 0 Å². The minimum absolute atomic E-state index is 0.0989. The van der Waals surface area contributed by atoms with Crippen molar-refractivity contribution in [1.82, 2.24) is 9.80 Å². The molecule has 0 saturated carbocycles. The second kappa shape index (κ2) is 8.79. The van der Waals surface area contributed by atoms with Gasteiger partial charge in [0, 0.05) is 52.2 Å². The van der Waals surface area contributed by atoms with Gasteiger partial charge in [0.05, 0.1) is 19.3 Å². The number of benzene rings is 1. The summed E-state index contributed by atoms with van der Waals surface area (Å²) in [5, 5.41) is 0. The monoisotopic (exact) mass is 346 g/mol. The smallest absolute Gasteiger partial charge is 0.225 e. The molecule has 25 heavy (non-hydrogen) atoms. The third-order valence-corrected chi connectivity index (χ3v) is 5.38. The molecule has 3 rings (SSSR count). The first kappa shape index (κ1) is 18.4. The highest BCUT2D eigenvalue weighted by Crippen LogP contribution is 2.33. The molecular formula is C20H30N2O3. The molecule has 0 N–H and O–H groups in total. The van der Waals surface area contributed by atoms with Crippen LogP contribution < -0.4 is 0 Å². The highest BCUT2D eigenvalue weighted by atomic mass is 16.5. The molecule has 1 aromatic rings. The van der Waals surface area contributed by atoms with Crippen molar-refractivity contribution in [2.24, 2.45) is 11.8 Å². The summed E-state index contributed by atoms with van der Waals surface area (Å²) >= 11 is 0. The van der Waals surface area contributed by atoms with E-state index >= 15 is 0 Å². The molecule has 2 heterocycles. The zero-order valence-corrected chi connectivity index (χ0v) is 15.4. The van der Waals surface area contributed by atoms with Crippen LogP contribution >= 0.6 is 0 Å². The van der Waals surface area contributed by atoms with Crippen LogP contribution in [0.3, 0.4) is 0 Å². The van der Waals surface area contributed by atoms with E-state index in [2.05, 4.69) is 17.0 Å². The molecule has 2 aliphatic heterocycles. The molecule has 2 saturated heterocycles. The average Bonchev–Trinajstić information content (AvgIpc) is 2.65. The van der Waals surface area contributed by atoms with Crippen LogP contribution in [-0.2, 0) is 20.9 Å². The van der Waals surface area contributed by atoms with Crippen LogP contribution in [0.25, 0.3) is 0 Å². The number of carbonyl (C=O) groups excluding carboxylic acids is 1. The first-order chi connectivity index (χ1) is 12.1. The Bertz CT molecular complexity index is 549. The molecule has 2 aliphatic rings. The Hall–Kier alpha value is -1.43. The Balaban J connectivity index is 1.47. The topological polar surface area (TPSA) is 42.0 Å². The van der Waals surface area contributed by atoms with Gasteiger partial charge in [0.15, 0.2) is 0 Å². The van der Waals surface area contributed by atoms with Gasteiger partial charge in [-0.1, -0.05) is 30.3 Å². The summed E-state index contributed by atoms with van der Waals surface area (Å²) in [5.74, 6) is 0.661. The summed E-state index contributed by atoms with van der Waals surface area (Å²) < 4.78 is 11.8. The Labute approximate surface area is 150 Å². The quantitative estimate of drug-likeness (QED) is 0.739. The van der Waals surface area contributed by atoms with E-state index in [9.17, 15) is 4.79 Å². The number of hydrogen-bond acceptors (Lipinski definition) is 4. The van der Waals surface area contributed by atoms with Gasteiger partial charge in [-0.05, 0) is 18.4 Å². The average molecular weight is 346 g/mol. The molecule has 3 atom stereocenters. The summed E-state index contributed by atoms with van der Waals surface area (Å²) in [6.45, 7) is 4.97. The molecule has 138 valence electrons. The molecular weight excluding hydrogens is 316 g/mol. The SMILES string of the molecule is CN(C)C(=O)[C@@H]1CCO[C@@H]2CCN(CCOCc3ccccc3)C[C@H]21. The van der Waals surface area contributed by atoms with E-state index in [4.69, 9.17) is 9.47 Å². The number of amides is 1. The van der Waals surface area contributed by atoms with Gasteiger partial charge in [-0.2, -0.15) is 0 Å². The third-order valence-electron chi connectivity index (χ3n) is 5.38. The van der Waals surface area contributed by atoms with Crippen LogP contribution in [0.4, 0.5) is 0 Å². The molecule has 5 heteroatoms. The van der Waals surface area contributed by atoms with Crippen molar-refractivity contribution in [2.75, 3.05) is 46.9 Å². The molecule has 1 aromatic carbocycles. The summed E-state index contributed by atoms with van der Waals surface area (Å²) in [4.78, 5) is 16.7. The Morgan fingerprint density at radius 2 is 2.08 bits per heavy atom. The Morgan fingerprint density at radius 1 is 1.28 bits per heavy atom. The molecule has 2 fully saturated rings. The summed E-state index contributed by atoms with van der Waals surface area (Å²) in [5.41, 5.74) is 1.21. The van der Waals surface area contributed by atoms with E-state index < -0.39 is 0 Å². The maximum Gasteiger partial charge on any atom is 0.225 e. The molecule has 0 bridgehead atoms. The number of likely N-dealkylation sites (tertiary alicyclic amines) is 1. The van der Waals surface area contributed by atoms with Gasteiger partial charge in [0.25, 0.3) is 0 Å². The number of nitrogens with zero attached hydrogens (tertiary/aromatic N) is 2. The molecule has 0 unspecified atom stereocenters. The molecule has 1 amide bonds. The second-order valence-electron chi connectivity index (χ2n) is 7.33. The standard InChI is InChI=1S/C20H30N2O3/c1-21(2)20(23)17-9-12-25-19-8-10-22(14-18(17)19)11-13-24-15-16-6-4-3-5-7-16/h3-7,17-19H,8-15H2,1-2H3/t17-,18+,19-/m1/s1. The van der Waals surface area contributed by atoms with Crippen LogP contribution in [0, 0.1) is 11.8 Å². The lowest BCUT2D eigenvalue weighted by atomic mass is 9.79. The summed E-state index contributed by atoms with van der Waals surface area (Å²) in [6, 6.07) is 10.3. The first-order valence-corrected chi connectivity index (χ1v) is 9.32. The van der Waals surface area contributed by atoms with E-state index in [1.165, 1.54) is 5.56 Å². The number of hydrogen-bond donors (Lipinski definition) is 0. The molecule has 0 aliphatic carbocycles. The van der Waals surface area contributed by atoms with Gasteiger partial charge in [-0.3, -0.25) is 4.79 Å². The van der Waals surface area contributed by atoms with Crippen molar-refractivity contribution in [2.45, 2.75) is 25.6 Å². The van der Waals surface area contributed by atoms with Crippen molar-refractivity contribution >= 4 is 5.91 Å². The number of ether oxygens (including phenoxy) is 2. The van der Waals surface area contributed by atoms with Crippen LogP contribution in [0.1, 0.15) is 18.4 Å². The fourth-order valence-electron chi connectivity index (χ4n) is 3.98. The zero-order valence-electron chi connectivity index (χ0n) is 15.4. The summed E-state index contributed by atoms with van der Waals surface area (Å²) in [6.07, 6.45) is 2.10. The van der Waals surface area contributed by atoms with Crippen LogP contribution in [-0.4, -0.2) is 68.8 Å². The van der Waals surface area contributed by atoms with E-state index in [-0.39, 0.29) is 17.9 Å². The molecule has 0 aromatic heterocycles. The van der Waals surface area contributed by atoms with Gasteiger partial charge < -0.3 is 19.3 Å². The van der Waals surface area contributed by atoms with Crippen molar-refractivity contribution in [3.05, 3.63) is 35.9 Å². The highest BCUT2D eigenvalue weighted by molar-refractivity contribution is 5.78. The molecule has 5 nitrogen and oxygen atoms in total. The lowest BCUT2D eigenvalue weighted by Gasteiger charge is -2.45. The third kappa shape index (κ3) is 4.81. The number of rotatable bonds is 6. The van der Waals surface area contributed by atoms with E-state index in [1.807, 2.05) is 32.3 Å². The fraction of sp³-hybridized carbons (Fsp3) is 0.650. The zero-order chi connectivity index (χ0) is 17.6. The normalized spacial score (nSPS) is 26.9. The van der Waals surface area contributed by atoms with Crippen LogP contribution in [0.2, 0.25) is 0 Å².